The highest BCUT2D eigenvalue weighted by Crippen LogP contribution is 2.04. The highest BCUT2D eigenvalue weighted by atomic mass is 32.1. The van der Waals surface area contributed by atoms with Crippen LogP contribution in [0.1, 0.15) is 11.1 Å². The molecule has 0 saturated heterocycles. The molecule has 2 aromatic rings. The van der Waals surface area contributed by atoms with Crippen LogP contribution in [0.2, 0.25) is 0 Å². The van der Waals surface area contributed by atoms with E-state index in [0.717, 1.165) is 13.0 Å². The summed E-state index contributed by atoms with van der Waals surface area (Å²) in [6.45, 7) is 2.90. The Hall–Kier alpha value is -1.88. The Bertz CT molecular complexity index is 507. The lowest BCUT2D eigenvalue weighted by Crippen LogP contribution is -2.30. The number of hydrogen-bond acceptors (Lipinski definition) is 2. The van der Waals surface area contributed by atoms with E-state index in [9.17, 15) is 0 Å². The summed E-state index contributed by atoms with van der Waals surface area (Å²) in [6, 6.07) is 8.48. The van der Waals surface area contributed by atoms with Crippen molar-refractivity contribution in [2.45, 2.75) is 13.3 Å². The fourth-order valence-corrected chi connectivity index (χ4v) is 1.87. The van der Waals surface area contributed by atoms with Gasteiger partial charge in [-0.25, -0.2) is 4.98 Å². The van der Waals surface area contributed by atoms with Crippen molar-refractivity contribution in [1.29, 1.82) is 0 Å². The van der Waals surface area contributed by atoms with Crippen molar-refractivity contribution in [3.8, 4) is 0 Å². The predicted molar refractivity (Wildman–Crippen MR) is 77.7 cm³/mol. The molecule has 0 fully saturated rings. The lowest BCUT2D eigenvalue weighted by atomic mass is 10.1. The Kier molecular flexibility index (Phi) is 4.30. The monoisotopic (exact) mass is 260 g/mol. The van der Waals surface area contributed by atoms with Gasteiger partial charge >= 0.3 is 0 Å². The van der Waals surface area contributed by atoms with Crippen LogP contribution in [0.3, 0.4) is 0 Å². The van der Waals surface area contributed by atoms with Gasteiger partial charge in [0.2, 0.25) is 5.95 Å². The van der Waals surface area contributed by atoms with Gasteiger partial charge in [0.15, 0.2) is 5.11 Å². The highest BCUT2D eigenvalue weighted by Gasteiger charge is 1.99. The Morgan fingerprint density at radius 3 is 3.06 bits per heavy atom. The molecule has 0 aliphatic heterocycles. The average molecular weight is 260 g/mol. The first-order valence-electron chi connectivity index (χ1n) is 5.84. The second-order valence-electron chi connectivity index (χ2n) is 4.06. The molecule has 1 heterocycles. The SMILES string of the molecule is Cc1cccc(CCNC(=S)Nc2ncc[nH]2)c1. The topological polar surface area (TPSA) is 52.7 Å². The first-order valence-corrected chi connectivity index (χ1v) is 6.24. The molecule has 0 atom stereocenters. The van der Waals surface area contributed by atoms with Gasteiger partial charge in [-0.05, 0) is 31.1 Å². The number of aromatic amines is 1. The van der Waals surface area contributed by atoms with Gasteiger partial charge in [-0.2, -0.15) is 0 Å². The Balaban J connectivity index is 1.73. The Labute approximate surface area is 112 Å². The summed E-state index contributed by atoms with van der Waals surface area (Å²) >= 11 is 5.16. The summed E-state index contributed by atoms with van der Waals surface area (Å²) in [5.41, 5.74) is 2.59. The van der Waals surface area contributed by atoms with Crippen LogP contribution < -0.4 is 10.6 Å². The molecule has 0 radical (unpaired) electrons. The van der Waals surface area contributed by atoms with Crippen LogP contribution >= 0.6 is 12.2 Å². The van der Waals surface area contributed by atoms with Gasteiger partial charge in [0, 0.05) is 18.9 Å². The van der Waals surface area contributed by atoms with Gasteiger partial charge in [0.1, 0.15) is 0 Å². The number of nitrogens with zero attached hydrogens (tertiary/aromatic N) is 1. The normalized spacial score (nSPS) is 10.1. The smallest absolute Gasteiger partial charge is 0.206 e. The molecule has 18 heavy (non-hydrogen) atoms. The number of benzene rings is 1. The largest absolute Gasteiger partial charge is 0.362 e. The van der Waals surface area contributed by atoms with Crippen LogP contribution in [0.4, 0.5) is 5.95 Å². The zero-order chi connectivity index (χ0) is 12.8. The number of thiocarbonyl (C=S) groups is 1. The number of H-pyrrole nitrogens is 1. The number of aryl methyl sites for hydroxylation is 1. The minimum atomic E-state index is 0.581. The summed E-state index contributed by atoms with van der Waals surface area (Å²) in [7, 11) is 0. The second-order valence-corrected chi connectivity index (χ2v) is 4.47. The number of hydrogen-bond donors (Lipinski definition) is 3. The third kappa shape index (κ3) is 3.85. The van der Waals surface area contributed by atoms with E-state index in [2.05, 4.69) is 51.8 Å². The van der Waals surface area contributed by atoms with Gasteiger partial charge in [0.05, 0.1) is 0 Å². The van der Waals surface area contributed by atoms with Crippen molar-refractivity contribution in [2.24, 2.45) is 0 Å². The first-order chi connectivity index (χ1) is 8.74. The number of aromatic nitrogens is 2. The van der Waals surface area contributed by atoms with Crippen LogP contribution in [-0.2, 0) is 6.42 Å². The number of nitrogens with one attached hydrogen (secondary N) is 3. The Morgan fingerprint density at radius 2 is 2.33 bits per heavy atom. The fourth-order valence-electron chi connectivity index (χ4n) is 1.67. The Morgan fingerprint density at radius 1 is 1.44 bits per heavy atom. The van der Waals surface area contributed by atoms with Crippen molar-refractivity contribution in [3.05, 3.63) is 47.8 Å². The van der Waals surface area contributed by atoms with E-state index in [4.69, 9.17) is 12.2 Å². The van der Waals surface area contributed by atoms with E-state index in [1.54, 1.807) is 12.4 Å². The van der Waals surface area contributed by atoms with Crippen molar-refractivity contribution in [1.82, 2.24) is 15.3 Å². The van der Waals surface area contributed by atoms with Crippen molar-refractivity contribution < 1.29 is 0 Å². The zero-order valence-corrected chi connectivity index (χ0v) is 11.1. The summed E-state index contributed by atoms with van der Waals surface area (Å²) in [4.78, 5) is 6.97. The van der Waals surface area contributed by atoms with Crippen LogP contribution in [-0.4, -0.2) is 21.6 Å². The van der Waals surface area contributed by atoms with Crippen molar-refractivity contribution in [2.75, 3.05) is 11.9 Å². The molecule has 0 saturated carbocycles. The van der Waals surface area contributed by atoms with Crippen LogP contribution in [0.5, 0.6) is 0 Å². The summed E-state index contributed by atoms with van der Waals surface area (Å²) in [5.74, 6) is 0.656. The minimum Gasteiger partial charge on any atom is -0.362 e. The average Bonchev–Trinajstić information content (AvgIpc) is 2.82. The molecular weight excluding hydrogens is 244 g/mol. The molecule has 0 aliphatic rings. The zero-order valence-electron chi connectivity index (χ0n) is 10.2. The van der Waals surface area contributed by atoms with Crippen LogP contribution in [0.15, 0.2) is 36.7 Å². The van der Waals surface area contributed by atoms with E-state index in [0.29, 0.717) is 11.1 Å². The van der Waals surface area contributed by atoms with Crippen LogP contribution in [0, 0.1) is 6.92 Å². The second kappa shape index (κ2) is 6.16. The quantitative estimate of drug-likeness (QED) is 0.738. The molecule has 94 valence electrons. The van der Waals surface area contributed by atoms with Gasteiger partial charge in [-0.3, -0.25) is 0 Å². The minimum absolute atomic E-state index is 0.581. The molecule has 2 rings (SSSR count). The van der Waals surface area contributed by atoms with E-state index >= 15 is 0 Å². The van der Waals surface area contributed by atoms with E-state index in [1.807, 2.05) is 0 Å². The van der Waals surface area contributed by atoms with Gasteiger partial charge in [-0.15, -0.1) is 0 Å². The fraction of sp³-hybridized carbons (Fsp3) is 0.231. The van der Waals surface area contributed by atoms with E-state index in [-0.39, 0.29) is 0 Å². The lowest BCUT2D eigenvalue weighted by Gasteiger charge is -2.08. The molecule has 4 nitrogen and oxygen atoms in total. The lowest BCUT2D eigenvalue weighted by molar-refractivity contribution is 0.871. The van der Waals surface area contributed by atoms with Gasteiger partial charge in [0.25, 0.3) is 0 Å². The molecule has 3 N–H and O–H groups in total. The molecule has 0 bridgehead atoms. The molecule has 0 spiro atoms. The van der Waals surface area contributed by atoms with Gasteiger partial charge < -0.3 is 15.6 Å². The molecule has 0 aliphatic carbocycles. The molecule has 0 amide bonds. The molecule has 0 unspecified atom stereocenters. The molecule has 5 heteroatoms. The maximum atomic E-state index is 5.16. The number of rotatable bonds is 4. The number of anilines is 1. The summed E-state index contributed by atoms with van der Waals surface area (Å²) in [6.07, 6.45) is 4.37. The summed E-state index contributed by atoms with van der Waals surface area (Å²) in [5, 5.41) is 6.70. The molecule has 1 aromatic heterocycles. The van der Waals surface area contributed by atoms with Crippen molar-refractivity contribution >= 4 is 23.3 Å². The maximum Gasteiger partial charge on any atom is 0.206 e. The van der Waals surface area contributed by atoms with E-state index in [1.165, 1.54) is 11.1 Å². The van der Waals surface area contributed by atoms with Crippen LogP contribution in [0.25, 0.3) is 0 Å². The maximum absolute atomic E-state index is 5.16. The van der Waals surface area contributed by atoms with Crippen molar-refractivity contribution in [3.63, 3.8) is 0 Å². The molecule has 1 aromatic carbocycles. The number of imidazole rings is 1. The predicted octanol–water partition coefficient (Wildman–Crippen LogP) is 2.25. The summed E-state index contributed by atoms with van der Waals surface area (Å²) < 4.78 is 0. The third-order valence-electron chi connectivity index (χ3n) is 2.51. The van der Waals surface area contributed by atoms with E-state index < -0.39 is 0 Å². The standard InChI is InChI=1S/C13H16N4S/c1-10-3-2-4-11(9-10)5-6-16-13(18)17-12-14-7-8-15-12/h2-4,7-9H,5-6H2,1H3,(H3,14,15,16,17,18). The first kappa shape index (κ1) is 12.6. The molecular formula is C13H16N4S. The third-order valence-corrected chi connectivity index (χ3v) is 2.76. The van der Waals surface area contributed by atoms with Gasteiger partial charge in [-0.1, -0.05) is 29.8 Å². The highest BCUT2D eigenvalue weighted by molar-refractivity contribution is 7.80.